The first-order chi connectivity index (χ1) is 15.3. The van der Waals surface area contributed by atoms with Gasteiger partial charge in [0.2, 0.25) is 11.9 Å². The minimum atomic E-state index is 0.0344. The predicted octanol–water partition coefficient (Wildman–Crippen LogP) is 1.86. The minimum absolute atomic E-state index is 0.0344. The minimum Gasteiger partial charge on any atom is -0.394 e. The van der Waals surface area contributed by atoms with Crippen molar-refractivity contribution >= 4 is 28.5 Å². The molecular formula is C21H22N8O2. The van der Waals surface area contributed by atoms with Gasteiger partial charge in [0.15, 0.2) is 0 Å². The second-order valence-electron chi connectivity index (χ2n) is 7.15. The van der Waals surface area contributed by atoms with Crippen LogP contribution in [-0.4, -0.2) is 67.7 Å². The second-order valence-corrected chi connectivity index (χ2v) is 7.15. The molecule has 0 aliphatic carbocycles. The average Bonchev–Trinajstić information content (AvgIpc) is 3.26. The molecule has 2 N–H and O–H groups in total. The molecule has 4 heterocycles. The number of rotatable bonds is 6. The van der Waals surface area contributed by atoms with Crippen molar-refractivity contribution in [2.24, 2.45) is 0 Å². The van der Waals surface area contributed by atoms with Crippen molar-refractivity contribution in [2.75, 3.05) is 43.1 Å². The van der Waals surface area contributed by atoms with Gasteiger partial charge < -0.3 is 20.1 Å². The smallest absolute Gasteiger partial charge is 0.227 e. The van der Waals surface area contributed by atoms with E-state index in [0.29, 0.717) is 25.7 Å². The Morgan fingerprint density at radius 1 is 1.06 bits per heavy atom. The van der Waals surface area contributed by atoms with Crippen LogP contribution < -0.4 is 10.2 Å². The topological polar surface area (TPSA) is 114 Å². The Morgan fingerprint density at radius 2 is 1.97 bits per heavy atom. The Kier molecular flexibility index (Phi) is 5.38. The van der Waals surface area contributed by atoms with E-state index in [-0.39, 0.29) is 6.61 Å². The summed E-state index contributed by atoms with van der Waals surface area (Å²) in [6.45, 7) is 3.49. The Morgan fingerprint density at radius 3 is 2.84 bits per heavy atom. The van der Waals surface area contributed by atoms with Crippen LogP contribution in [0.1, 0.15) is 0 Å². The highest BCUT2D eigenvalue weighted by molar-refractivity contribution is 5.84. The van der Waals surface area contributed by atoms with Crippen LogP contribution in [0.25, 0.3) is 22.2 Å². The summed E-state index contributed by atoms with van der Waals surface area (Å²) in [6, 6.07) is 7.89. The summed E-state index contributed by atoms with van der Waals surface area (Å²) >= 11 is 0. The SMILES string of the molecule is OCCn1cc(Nc2nccc(-c3ccc4nc(N5CCOCC5)ncc4c3)n2)cn1. The number of morpholine rings is 1. The lowest BCUT2D eigenvalue weighted by atomic mass is 10.1. The summed E-state index contributed by atoms with van der Waals surface area (Å²) in [4.78, 5) is 20.3. The Bertz CT molecular complexity index is 1190. The molecule has 10 nitrogen and oxygen atoms in total. The lowest BCUT2D eigenvalue weighted by Gasteiger charge is -2.26. The number of fused-ring (bicyclic) bond motifs is 1. The number of aliphatic hydroxyl groups is 1. The standard InChI is InChI=1S/C21H22N8O2/c30-8-5-29-14-17(13-24-29)25-20-22-4-3-19(26-20)15-1-2-18-16(11-15)12-23-21(27-18)28-6-9-31-10-7-28/h1-4,11-14,30H,5-10H2,(H,22,25,26). The van der Waals surface area contributed by atoms with Gasteiger partial charge in [-0.25, -0.2) is 19.9 Å². The predicted molar refractivity (Wildman–Crippen MR) is 116 cm³/mol. The van der Waals surface area contributed by atoms with Crippen molar-refractivity contribution in [1.82, 2.24) is 29.7 Å². The van der Waals surface area contributed by atoms with E-state index < -0.39 is 0 Å². The maximum atomic E-state index is 9.02. The first kappa shape index (κ1) is 19.3. The van der Waals surface area contributed by atoms with Crippen LogP contribution in [-0.2, 0) is 11.3 Å². The summed E-state index contributed by atoms with van der Waals surface area (Å²) in [6.07, 6.45) is 7.04. The van der Waals surface area contributed by atoms with Gasteiger partial charge in [0.05, 0.1) is 49.5 Å². The van der Waals surface area contributed by atoms with Crippen molar-refractivity contribution in [3.05, 3.63) is 49.1 Å². The summed E-state index contributed by atoms with van der Waals surface area (Å²) < 4.78 is 7.06. The van der Waals surface area contributed by atoms with Gasteiger partial charge in [-0.1, -0.05) is 6.07 Å². The molecule has 0 atom stereocenters. The number of benzene rings is 1. The van der Waals surface area contributed by atoms with Crippen LogP contribution in [0.3, 0.4) is 0 Å². The molecule has 4 aromatic rings. The number of aliphatic hydroxyl groups excluding tert-OH is 1. The Hall–Kier alpha value is -3.63. The molecule has 10 heteroatoms. The number of aromatic nitrogens is 6. The van der Waals surface area contributed by atoms with Gasteiger partial charge in [0, 0.05) is 42.6 Å². The van der Waals surface area contributed by atoms with Gasteiger partial charge in [0.1, 0.15) is 0 Å². The monoisotopic (exact) mass is 418 g/mol. The first-order valence-electron chi connectivity index (χ1n) is 10.1. The fourth-order valence-electron chi connectivity index (χ4n) is 3.46. The second kappa shape index (κ2) is 8.62. The van der Waals surface area contributed by atoms with E-state index in [1.165, 1.54) is 0 Å². The zero-order valence-electron chi connectivity index (χ0n) is 16.8. The van der Waals surface area contributed by atoms with E-state index in [0.717, 1.165) is 46.9 Å². The zero-order chi connectivity index (χ0) is 21.0. The number of anilines is 3. The van der Waals surface area contributed by atoms with E-state index in [1.807, 2.05) is 30.5 Å². The molecule has 1 aliphatic rings. The molecule has 1 fully saturated rings. The van der Waals surface area contributed by atoms with Crippen molar-refractivity contribution in [1.29, 1.82) is 0 Å². The Labute approximate surface area is 178 Å². The number of hydrogen-bond donors (Lipinski definition) is 2. The van der Waals surface area contributed by atoms with Gasteiger partial charge >= 0.3 is 0 Å². The summed E-state index contributed by atoms with van der Waals surface area (Å²) in [7, 11) is 0. The largest absolute Gasteiger partial charge is 0.394 e. The maximum Gasteiger partial charge on any atom is 0.227 e. The van der Waals surface area contributed by atoms with Crippen LogP contribution in [0.2, 0.25) is 0 Å². The van der Waals surface area contributed by atoms with E-state index >= 15 is 0 Å². The number of hydrogen-bond acceptors (Lipinski definition) is 9. The van der Waals surface area contributed by atoms with Crippen LogP contribution in [0.5, 0.6) is 0 Å². The lowest BCUT2D eigenvalue weighted by molar-refractivity contribution is 0.122. The normalized spacial score (nSPS) is 14.2. The fraction of sp³-hybridized carbons (Fsp3) is 0.286. The molecule has 3 aromatic heterocycles. The summed E-state index contributed by atoms with van der Waals surface area (Å²) in [5.41, 5.74) is 3.40. The van der Waals surface area contributed by atoms with Crippen LogP contribution in [0, 0.1) is 0 Å². The van der Waals surface area contributed by atoms with Gasteiger partial charge in [-0.15, -0.1) is 0 Å². The fourth-order valence-corrected chi connectivity index (χ4v) is 3.46. The molecule has 31 heavy (non-hydrogen) atoms. The van der Waals surface area contributed by atoms with Gasteiger partial charge in [0.25, 0.3) is 0 Å². The molecule has 0 amide bonds. The van der Waals surface area contributed by atoms with Crippen LogP contribution >= 0.6 is 0 Å². The highest BCUT2D eigenvalue weighted by Gasteiger charge is 2.14. The maximum absolute atomic E-state index is 9.02. The van der Waals surface area contributed by atoms with E-state index in [2.05, 4.69) is 30.3 Å². The quantitative estimate of drug-likeness (QED) is 0.484. The third-order valence-electron chi connectivity index (χ3n) is 5.03. The average molecular weight is 418 g/mol. The molecule has 1 aliphatic heterocycles. The molecule has 0 bridgehead atoms. The number of ether oxygens (including phenoxy) is 1. The molecule has 1 saturated heterocycles. The molecule has 0 spiro atoms. The molecule has 0 unspecified atom stereocenters. The molecule has 0 saturated carbocycles. The van der Waals surface area contributed by atoms with E-state index in [4.69, 9.17) is 14.8 Å². The zero-order valence-corrected chi connectivity index (χ0v) is 16.8. The van der Waals surface area contributed by atoms with Crippen LogP contribution in [0.15, 0.2) is 49.1 Å². The molecule has 1 aromatic carbocycles. The summed E-state index contributed by atoms with van der Waals surface area (Å²) in [5.74, 6) is 1.21. The van der Waals surface area contributed by atoms with Gasteiger partial charge in [-0.05, 0) is 18.2 Å². The molecule has 5 rings (SSSR count). The molecule has 158 valence electrons. The first-order valence-corrected chi connectivity index (χ1v) is 10.1. The van der Waals surface area contributed by atoms with Crippen molar-refractivity contribution in [3.8, 4) is 11.3 Å². The molecular weight excluding hydrogens is 396 g/mol. The molecule has 0 radical (unpaired) electrons. The number of nitrogens with zero attached hydrogens (tertiary/aromatic N) is 7. The highest BCUT2D eigenvalue weighted by atomic mass is 16.5. The number of nitrogens with one attached hydrogen (secondary N) is 1. The van der Waals surface area contributed by atoms with Crippen molar-refractivity contribution < 1.29 is 9.84 Å². The van der Waals surface area contributed by atoms with Crippen molar-refractivity contribution in [2.45, 2.75) is 6.54 Å². The highest BCUT2D eigenvalue weighted by Crippen LogP contribution is 2.24. The van der Waals surface area contributed by atoms with E-state index in [1.54, 1.807) is 23.3 Å². The third kappa shape index (κ3) is 4.30. The lowest BCUT2D eigenvalue weighted by Crippen LogP contribution is -2.37. The van der Waals surface area contributed by atoms with Gasteiger partial charge in [-0.2, -0.15) is 5.10 Å². The van der Waals surface area contributed by atoms with Gasteiger partial charge in [-0.3, -0.25) is 4.68 Å². The van der Waals surface area contributed by atoms with Crippen molar-refractivity contribution in [3.63, 3.8) is 0 Å². The third-order valence-corrected chi connectivity index (χ3v) is 5.03. The van der Waals surface area contributed by atoms with Crippen LogP contribution in [0.4, 0.5) is 17.6 Å². The Balaban J connectivity index is 1.37. The van der Waals surface area contributed by atoms with E-state index in [9.17, 15) is 0 Å². The summed E-state index contributed by atoms with van der Waals surface area (Å²) in [5, 5.41) is 17.3.